The Hall–Kier alpha value is -6.26. The van der Waals surface area contributed by atoms with Crippen molar-refractivity contribution in [1.82, 2.24) is 0 Å². The molecule has 0 radical (unpaired) electrons. The SMILES string of the molecule is C=CCOc1cc(C(=O)Oc2cc(C(=O)O)cc3c2OC(N)(c2ccccc2)O3)cc2c1OC(c1ccccc1)(c1ccccc1)O2. The summed E-state index contributed by atoms with van der Waals surface area (Å²) in [6, 6.07) is 32.8. The van der Waals surface area contributed by atoms with Crippen LogP contribution in [0.2, 0.25) is 0 Å². The molecule has 0 saturated heterocycles. The van der Waals surface area contributed by atoms with Gasteiger partial charge in [-0.15, -0.1) is 0 Å². The van der Waals surface area contributed by atoms with Crippen LogP contribution in [0.5, 0.6) is 34.5 Å². The molecule has 0 bridgehead atoms. The van der Waals surface area contributed by atoms with Gasteiger partial charge >= 0.3 is 23.6 Å². The Labute approximate surface area is 269 Å². The predicted molar refractivity (Wildman–Crippen MR) is 169 cm³/mol. The van der Waals surface area contributed by atoms with Crippen LogP contribution in [0.1, 0.15) is 37.4 Å². The van der Waals surface area contributed by atoms with E-state index in [-0.39, 0.29) is 52.2 Å². The Morgan fingerprint density at radius 3 is 1.83 bits per heavy atom. The van der Waals surface area contributed by atoms with Gasteiger partial charge in [0.1, 0.15) is 6.61 Å². The van der Waals surface area contributed by atoms with Crippen LogP contribution >= 0.6 is 0 Å². The van der Waals surface area contributed by atoms with Crippen LogP contribution in [0.4, 0.5) is 0 Å². The highest BCUT2D eigenvalue weighted by atomic mass is 16.8. The van der Waals surface area contributed by atoms with Crippen molar-refractivity contribution in [3.05, 3.63) is 156 Å². The Morgan fingerprint density at radius 1 is 0.702 bits per heavy atom. The first-order valence-electron chi connectivity index (χ1n) is 14.6. The average Bonchev–Trinajstić information content (AvgIpc) is 3.68. The largest absolute Gasteiger partial charge is 0.485 e. The maximum atomic E-state index is 13.8. The number of carboxylic acid groups (broad SMARTS) is 1. The molecule has 1 unspecified atom stereocenters. The quantitative estimate of drug-likeness (QED) is 0.107. The number of benzene rings is 5. The molecule has 1 atom stereocenters. The van der Waals surface area contributed by atoms with Crippen LogP contribution < -0.4 is 34.2 Å². The summed E-state index contributed by atoms with van der Waals surface area (Å²) in [5, 5.41) is 9.78. The number of carboxylic acids is 1. The fraction of sp³-hybridized carbons (Fsp3) is 0.0811. The molecule has 7 rings (SSSR count). The van der Waals surface area contributed by atoms with Gasteiger partial charge in [0.15, 0.2) is 23.0 Å². The van der Waals surface area contributed by atoms with Crippen molar-refractivity contribution in [2.24, 2.45) is 5.73 Å². The van der Waals surface area contributed by atoms with E-state index in [1.165, 1.54) is 18.2 Å². The Balaban J connectivity index is 1.27. The molecule has 10 heteroatoms. The van der Waals surface area contributed by atoms with Crippen LogP contribution in [0, 0.1) is 0 Å². The van der Waals surface area contributed by atoms with E-state index in [9.17, 15) is 14.7 Å². The van der Waals surface area contributed by atoms with Crippen molar-refractivity contribution < 1.29 is 43.1 Å². The Bertz CT molecular complexity index is 1960. The second-order valence-corrected chi connectivity index (χ2v) is 10.7. The number of carbonyl (C=O) groups excluding carboxylic acids is 1. The maximum absolute atomic E-state index is 13.8. The Morgan fingerprint density at radius 2 is 1.23 bits per heavy atom. The summed E-state index contributed by atoms with van der Waals surface area (Å²) in [7, 11) is 0. The van der Waals surface area contributed by atoms with Crippen LogP contribution in [0.3, 0.4) is 0 Å². The van der Waals surface area contributed by atoms with Gasteiger partial charge in [0, 0.05) is 11.1 Å². The van der Waals surface area contributed by atoms with Gasteiger partial charge in [0.2, 0.25) is 11.5 Å². The number of hydrogen-bond donors (Lipinski definition) is 2. The number of ether oxygens (including phenoxy) is 6. The lowest BCUT2D eigenvalue weighted by atomic mass is 9.97. The lowest BCUT2D eigenvalue weighted by Crippen LogP contribution is -2.44. The lowest BCUT2D eigenvalue weighted by Gasteiger charge is -2.28. The smallest absolute Gasteiger partial charge is 0.343 e. The molecular formula is C37H27NO9. The first kappa shape index (κ1) is 29.5. The first-order valence-corrected chi connectivity index (χ1v) is 14.6. The van der Waals surface area contributed by atoms with E-state index in [1.807, 2.05) is 60.7 Å². The van der Waals surface area contributed by atoms with Gasteiger partial charge in [-0.2, -0.15) is 0 Å². The number of hydrogen-bond acceptors (Lipinski definition) is 9. The molecule has 3 N–H and O–H groups in total. The van der Waals surface area contributed by atoms with Crippen LogP contribution in [0.15, 0.2) is 128 Å². The normalized spacial score (nSPS) is 16.7. The molecule has 2 aliphatic rings. The van der Waals surface area contributed by atoms with Crippen molar-refractivity contribution in [3.8, 4) is 34.5 Å². The number of aromatic carboxylic acids is 1. The van der Waals surface area contributed by atoms with Crippen molar-refractivity contribution >= 4 is 11.9 Å². The molecule has 0 fully saturated rings. The minimum atomic E-state index is -1.79. The molecule has 10 nitrogen and oxygen atoms in total. The molecule has 234 valence electrons. The minimum Gasteiger partial charge on any atom is -0.485 e. The predicted octanol–water partition coefficient (Wildman–Crippen LogP) is 6.38. The molecule has 2 heterocycles. The highest BCUT2D eigenvalue weighted by Gasteiger charge is 2.47. The fourth-order valence-corrected chi connectivity index (χ4v) is 5.40. The lowest BCUT2D eigenvalue weighted by molar-refractivity contribution is -0.0810. The van der Waals surface area contributed by atoms with Crippen LogP contribution in [-0.2, 0) is 11.7 Å². The van der Waals surface area contributed by atoms with Crippen LogP contribution in [0.25, 0.3) is 0 Å². The zero-order valence-corrected chi connectivity index (χ0v) is 24.8. The number of carbonyl (C=O) groups is 2. The molecule has 0 aromatic heterocycles. The van der Waals surface area contributed by atoms with Gasteiger partial charge in [-0.1, -0.05) is 91.5 Å². The molecule has 0 saturated carbocycles. The maximum Gasteiger partial charge on any atom is 0.343 e. The number of nitrogens with two attached hydrogens (primary N) is 1. The summed E-state index contributed by atoms with van der Waals surface area (Å²) in [5.74, 6) is -4.85. The molecule has 2 aliphatic heterocycles. The molecule has 5 aromatic rings. The topological polar surface area (TPSA) is 136 Å². The zero-order valence-electron chi connectivity index (χ0n) is 24.8. The summed E-state index contributed by atoms with van der Waals surface area (Å²) in [5.41, 5.74) is 8.14. The molecule has 0 aliphatic carbocycles. The molecule has 0 amide bonds. The third kappa shape index (κ3) is 5.26. The monoisotopic (exact) mass is 629 g/mol. The van der Waals surface area contributed by atoms with Crippen molar-refractivity contribution in [3.63, 3.8) is 0 Å². The first-order chi connectivity index (χ1) is 22.8. The van der Waals surface area contributed by atoms with Gasteiger partial charge < -0.3 is 33.5 Å². The van der Waals surface area contributed by atoms with Gasteiger partial charge in [0.25, 0.3) is 0 Å². The molecule has 0 spiro atoms. The van der Waals surface area contributed by atoms with E-state index in [0.717, 1.165) is 6.07 Å². The summed E-state index contributed by atoms with van der Waals surface area (Å²) in [6.45, 7) is 3.83. The molecule has 47 heavy (non-hydrogen) atoms. The second kappa shape index (κ2) is 11.6. The van der Waals surface area contributed by atoms with Gasteiger partial charge in [0.05, 0.1) is 16.7 Å². The van der Waals surface area contributed by atoms with Crippen LogP contribution in [-0.4, -0.2) is 23.7 Å². The van der Waals surface area contributed by atoms with E-state index < -0.39 is 23.6 Å². The van der Waals surface area contributed by atoms with E-state index in [0.29, 0.717) is 16.7 Å². The third-order valence-electron chi connectivity index (χ3n) is 7.58. The van der Waals surface area contributed by atoms with E-state index in [4.69, 9.17) is 34.2 Å². The van der Waals surface area contributed by atoms with E-state index >= 15 is 0 Å². The summed E-state index contributed by atoms with van der Waals surface area (Å²) < 4.78 is 36.7. The summed E-state index contributed by atoms with van der Waals surface area (Å²) in [4.78, 5) is 25.8. The van der Waals surface area contributed by atoms with Gasteiger partial charge in [-0.05, 0) is 36.4 Å². The van der Waals surface area contributed by atoms with Crippen molar-refractivity contribution in [2.75, 3.05) is 6.61 Å². The van der Waals surface area contributed by atoms with Gasteiger partial charge in [-0.3, -0.25) is 5.73 Å². The van der Waals surface area contributed by atoms with E-state index in [2.05, 4.69) is 6.58 Å². The minimum absolute atomic E-state index is 0.00440. The molecular weight excluding hydrogens is 602 g/mol. The fourth-order valence-electron chi connectivity index (χ4n) is 5.40. The summed E-state index contributed by atoms with van der Waals surface area (Å²) >= 11 is 0. The third-order valence-corrected chi connectivity index (χ3v) is 7.58. The van der Waals surface area contributed by atoms with Crippen molar-refractivity contribution in [2.45, 2.75) is 11.7 Å². The number of rotatable bonds is 9. The van der Waals surface area contributed by atoms with Gasteiger partial charge in [-0.25, -0.2) is 9.59 Å². The highest BCUT2D eigenvalue weighted by molar-refractivity contribution is 5.94. The summed E-state index contributed by atoms with van der Waals surface area (Å²) in [6.07, 6.45) is 1.55. The highest BCUT2D eigenvalue weighted by Crippen LogP contribution is 2.53. The number of esters is 1. The number of fused-ring (bicyclic) bond motifs is 2. The van der Waals surface area contributed by atoms with Crippen molar-refractivity contribution in [1.29, 1.82) is 0 Å². The average molecular weight is 630 g/mol. The second-order valence-electron chi connectivity index (χ2n) is 10.7. The molecule has 5 aromatic carbocycles. The van der Waals surface area contributed by atoms with E-state index in [1.54, 1.807) is 36.4 Å². The Kier molecular flexibility index (Phi) is 7.26. The zero-order chi connectivity index (χ0) is 32.6. The standard InChI is InChI=1S/C37H27NO9/c1-2-18-42-28-21-24(22-30-32(28)46-36(44-30,25-12-6-3-7-13-25)26-14-8-4-9-15-26)35(41)43-29-19-23(34(39)40)20-31-33(29)47-37(38,45-31)27-16-10-5-11-17-27/h2-17,19-22H,1,18,38H2,(H,39,40).